The number of pyridine rings is 1. The zero-order valence-electron chi connectivity index (χ0n) is 12.1. The third kappa shape index (κ3) is 2.81. The molecule has 0 atom stereocenters. The third-order valence-corrected chi connectivity index (χ3v) is 3.48. The molecule has 21 heavy (non-hydrogen) atoms. The van der Waals surface area contributed by atoms with Crippen LogP contribution in [0.2, 0.25) is 0 Å². The summed E-state index contributed by atoms with van der Waals surface area (Å²) in [6, 6.07) is 9.81. The van der Waals surface area contributed by atoms with E-state index in [9.17, 15) is 4.79 Å². The zero-order valence-corrected chi connectivity index (χ0v) is 12.1. The van der Waals surface area contributed by atoms with Gasteiger partial charge in [0.2, 0.25) is 0 Å². The minimum atomic E-state index is -0.0838. The summed E-state index contributed by atoms with van der Waals surface area (Å²) < 4.78 is 4.99. The van der Waals surface area contributed by atoms with E-state index in [0.717, 1.165) is 23.1 Å². The van der Waals surface area contributed by atoms with E-state index in [4.69, 9.17) is 4.52 Å². The molecule has 0 radical (unpaired) electrons. The maximum absolute atomic E-state index is 12.1. The van der Waals surface area contributed by atoms with Crippen LogP contribution in [0.25, 0.3) is 10.9 Å². The van der Waals surface area contributed by atoms with E-state index in [1.54, 1.807) is 6.07 Å². The Hall–Kier alpha value is -2.56. The number of aromatic amines is 1. The Morgan fingerprint density at radius 1 is 1.29 bits per heavy atom. The van der Waals surface area contributed by atoms with Gasteiger partial charge in [0.1, 0.15) is 5.76 Å². The van der Waals surface area contributed by atoms with E-state index < -0.39 is 0 Å². The Kier molecular flexibility index (Phi) is 3.48. The SMILES string of the molecule is CCc1ccc2[nH]c(=O)c(CNc3cc(C)on3)cc2c1. The zero-order chi connectivity index (χ0) is 14.8. The standard InChI is InChI=1S/C16H17N3O2/c1-3-11-4-5-14-12(7-11)8-13(16(20)18-14)9-17-15-6-10(2)21-19-15/h4-8H,3,9H2,1-2H3,(H,17,19)(H,18,20). The van der Waals surface area contributed by atoms with Gasteiger partial charge >= 0.3 is 0 Å². The van der Waals surface area contributed by atoms with Crippen LogP contribution in [0.1, 0.15) is 23.8 Å². The fraction of sp³-hybridized carbons (Fsp3) is 0.250. The van der Waals surface area contributed by atoms with Gasteiger partial charge in [-0.25, -0.2) is 0 Å². The van der Waals surface area contributed by atoms with Crippen LogP contribution >= 0.6 is 0 Å². The Balaban J connectivity index is 1.90. The first-order valence-electron chi connectivity index (χ1n) is 6.97. The number of aromatic nitrogens is 2. The number of hydrogen-bond acceptors (Lipinski definition) is 4. The first kappa shape index (κ1) is 13.4. The van der Waals surface area contributed by atoms with Gasteiger partial charge in [0.15, 0.2) is 5.82 Å². The molecule has 108 valence electrons. The summed E-state index contributed by atoms with van der Waals surface area (Å²) in [5.74, 6) is 1.37. The molecule has 2 N–H and O–H groups in total. The van der Waals surface area contributed by atoms with Crippen LogP contribution < -0.4 is 10.9 Å². The van der Waals surface area contributed by atoms with Gasteiger partial charge in [-0.15, -0.1) is 0 Å². The summed E-state index contributed by atoms with van der Waals surface area (Å²) in [4.78, 5) is 15.0. The minimum Gasteiger partial charge on any atom is -0.363 e. The van der Waals surface area contributed by atoms with E-state index in [0.29, 0.717) is 17.9 Å². The fourth-order valence-corrected chi connectivity index (χ4v) is 2.29. The van der Waals surface area contributed by atoms with E-state index >= 15 is 0 Å². The summed E-state index contributed by atoms with van der Waals surface area (Å²) in [5, 5.41) is 7.99. The van der Waals surface area contributed by atoms with Crippen LogP contribution in [0.5, 0.6) is 0 Å². The summed E-state index contributed by atoms with van der Waals surface area (Å²) >= 11 is 0. The van der Waals surface area contributed by atoms with E-state index in [1.807, 2.05) is 25.1 Å². The molecule has 5 nitrogen and oxygen atoms in total. The van der Waals surface area contributed by atoms with Crippen LogP contribution in [0.3, 0.4) is 0 Å². The molecule has 2 aromatic heterocycles. The van der Waals surface area contributed by atoms with Gasteiger partial charge in [-0.05, 0) is 42.5 Å². The molecule has 3 aromatic rings. The predicted octanol–water partition coefficient (Wildman–Crippen LogP) is 3.00. The summed E-state index contributed by atoms with van der Waals surface area (Å²) in [5.41, 5.74) is 2.70. The summed E-state index contributed by atoms with van der Waals surface area (Å²) in [6.07, 6.45) is 0.973. The number of hydrogen-bond donors (Lipinski definition) is 2. The van der Waals surface area contributed by atoms with Gasteiger partial charge in [-0.3, -0.25) is 4.79 Å². The number of nitrogens with one attached hydrogen (secondary N) is 2. The molecule has 0 amide bonds. The second kappa shape index (κ2) is 5.44. The number of fused-ring (bicyclic) bond motifs is 1. The third-order valence-electron chi connectivity index (χ3n) is 3.48. The number of anilines is 1. The average Bonchev–Trinajstić information content (AvgIpc) is 2.90. The number of benzene rings is 1. The van der Waals surface area contributed by atoms with Gasteiger partial charge in [0.05, 0.1) is 0 Å². The van der Waals surface area contributed by atoms with Crippen molar-refractivity contribution in [3.05, 3.63) is 57.6 Å². The van der Waals surface area contributed by atoms with Gasteiger partial charge in [-0.1, -0.05) is 18.1 Å². The van der Waals surface area contributed by atoms with Crippen molar-refractivity contribution in [2.45, 2.75) is 26.8 Å². The number of H-pyrrole nitrogens is 1. The molecule has 0 aliphatic carbocycles. The Labute approximate surface area is 122 Å². The second-order valence-corrected chi connectivity index (χ2v) is 5.08. The molecule has 0 aliphatic rings. The molecule has 1 aromatic carbocycles. The van der Waals surface area contributed by atoms with Crippen molar-refractivity contribution in [2.75, 3.05) is 5.32 Å². The molecule has 0 spiro atoms. The average molecular weight is 283 g/mol. The molecule has 5 heteroatoms. The lowest BCUT2D eigenvalue weighted by atomic mass is 10.1. The Morgan fingerprint density at radius 2 is 2.14 bits per heavy atom. The number of aryl methyl sites for hydroxylation is 2. The lowest BCUT2D eigenvalue weighted by molar-refractivity contribution is 0.399. The Bertz CT molecular complexity index is 833. The van der Waals surface area contributed by atoms with Gasteiger partial charge in [0.25, 0.3) is 5.56 Å². The van der Waals surface area contributed by atoms with Crippen molar-refractivity contribution < 1.29 is 4.52 Å². The highest BCUT2D eigenvalue weighted by Gasteiger charge is 2.05. The van der Waals surface area contributed by atoms with Crippen molar-refractivity contribution in [3.8, 4) is 0 Å². The highest BCUT2D eigenvalue weighted by atomic mass is 16.5. The molecule has 0 aliphatic heterocycles. The molecule has 0 bridgehead atoms. The molecule has 0 saturated heterocycles. The first-order chi connectivity index (χ1) is 10.2. The quantitative estimate of drug-likeness (QED) is 0.772. The predicted molar refractivity (Wildman–Crippen MR) is 82.5 cm³/mol. The van der Waals surface area contributed by atoms with Crippen molar-refractivity contribution in [1.29, 1.82) is 0 Å². The van der Waals surface area contributed by atoms with Crippen LogP contribution in [0.4, 0.5) is 5.82 Å². The summed E-state index contributed by atoms with van der Waals surface area (Å²) in [6.45, 7) is 4.35. The van der Waals surface area contributed by atoms with Crippen molar-refractivity contribution >= 4 is 16.7 Å². The van der Waals surface area contributed by atoms with Crippen molar-refractivity contribution in [2.24, 2.45) is 0 Å². The molecule has 0 unspecified atom stereocenters. The van der Waals surface area contributed by atoms with Gasteiger partial charge in [0, 0.05) is 23.7 Å². The first-order valence-corrected chi connectivity index (χ1v) is 6.97. The highest BCUT2D eigenvalue weighted by molar-refractivity contribution is 5.79. The van der Waals surface area contributed by atoms with Crippen LogP contribution in [0, 0.1) is 6.92 Å². The second-order valence-electron chi connectivity index (χ2n) is 5.08. The van der Waals surface area contributed by atoms with Crippen LogP contribution in [-0.2, 0) is 13.0 Å². The molecule has 0 fully saturated rings. The van der Waals surface area contributed by atoms with Gasteiger partial charge in [-0.2, -0.15) is 0 Å². The van der Waals surface area contributed by atoms with Crippen LogP contribution in [0.15, 0.2) is 39.6 Å². The molecular formula is C16H17N3O2. The maximum Gasteiger partial charge on any atom is 0.253 e. The molecular weight excluding hydrogens is 266 g/mol. The van der Waals surface area contributed by atoms with E-state index in [2.05, 4.69) is 28.4 Å². The topological polar surface area (TPSA) is 70.9 Å². The Morgan fingerprint density at radius 3 is 2.86 bits per heavy atom. The largest absolute Gasteiger partial charge is 0.363 e. The number of rotatable bonds is 4. The molecule has 2 heterocycles. The normalized spacial score (nSPS) is 11.0. The smallest absolute Gasteiger partial charge is 0.253 e. The maximum atomic E-state index is 12.1. The lowest BCUT2D eigenvalue weighted by Gasteiger charge is -2.05. The van der Waals surface area contributed by atoms with E-state index in [-0.39, 0.29) is 5.56 Å². The fourth-order valence-electron chi connectivity index (χ4n) is 2.29. The molecule has 3 rings (SSSR count). The van der Waals surface area contributed by atoms with Gasteiger partial charge < -0.3 is 14.8 Å². The van der Waals surface area contributed by atoms with Crippen LogP contribution in [-0.4, -0.2) is 10.1 Å². The molecule has 0 saturated carbocycles. The number of nitrogens with zero attached hydrogens (tertiary/aromatic N) is 1. The summed E-state index contributed by atoms with van der Waals surface area (Å²) in [7, 11) is 0. The van der Waals surface area contributed by atoms with Crippen molar-refractivity contribution in [3.63, 3.8) is 0 Å². The highest BCUT2D eigenvalue weighted by Crippen LogP contribution is 2.15. The van der Waals surface area contributed by atoms with E-state index in [1.165, 1.54) is 5.56 Å². The van der Waals surface area contributed by atoms with Crippen molar-refractivity contribution in [1.82, 2.24) is 10.1 Å². The monoisotopic (exact) mass is 283 g/mol. The lowest BCUT2D eigenvalue weighted by Crippen LogP contribution is -2.15. The minimum absolute atomic E-state index is 0.0838.